The third kappa shape index (κ3) is 4.55. The summed E-state index contributed by atoms with van der Waals surface area (Å²) in [5.41, 5.74) is -0.0386. The normalized spacial score (nSPS) is 11.6. The van der Waals surface area contributed by atoms with Crippen LogP contribution >= 0.6 is 0 Å². The van der Waals surface area contributed by atoms with Crippen LogP contribution in [0, 0.1) is 23.3 Å². The quantitative estimate of drug-likeness (QED) is 0.398. The van der Waals surface area contributed by atoms with E-state index in [1.807, 2.05) is 6.92 Å². The van der Waals surface area contributed by atoms with Crippen molar-refractivity contribution in [2.24, 2.45) is 0 Å². The fourth-order valence-corrected chi connectivity index (χ4v) is 2.91. The summed E-state index contributed by atoms with van der Waals surface area (Å²) in [6.07, 6.45) is -2.66. The maximum Gasteiger partial charge on any atom is 0.432 e. The van der Waals surface area contributed by atoms with Crippen LogP contribution in [0.4, 0.5) is 26.3 Å². The molecule has 0 saturated carbocycles. The monoisotopic (exact) mass is 410 g/mol. The van der Waals surface area contributed by atoms with Crippen molar-refractivity contribution in [2.45, 2.75) is 25.9 Å². The fourth-order valence-electron chi connectivity index (χ4n) is 2.91. The second-order valence-corrected chi connectivity index (χ2v) is 6.46. The van der Waals surface area contributed by atoms with Crippen LogP contribution in [0.2, 0.25) is 0 Å². The highest BCUT2D eigenvalue weighted by Gasteiger charge is 2.41. The molecule has 0 radical (unpaired) electrons. The zero-order chi connectivity index (χ0) is 21.2. The number of ether oxygens (including phenoxy) is 1. The van der Waals surface area contributed by atoms with Gasteiger partial charge in [0.1, 0.15) is 22.9 Å². The topological polar surface area (TPSA) is 9.23 Å². The van der Waals surface area contributed by atoms with Gasteiger partial charge >= 0.3 is 6.11 Å². The fraction of sp³-hybridized carbons (Fsp3) is 0.182. The van der Waals surface area contributed by atoms with Crippen molar-refractivity contribution in [3.05, 3.63) is 89.0 Å². The van der Waals surface area contributed by atoms with E-state index in [1.54, 1.807) is 24.3 Å². The highest BCUT2D eigenvalue weighted by atomic mass is 19.3. The molecule has 0 atom stereocenters. The Labute approximate surface area is 163 Å². The lowest BCUT2D eigenvalue weighted by Gasteiger charge is -2.20. The SMILES string of the molecule is CCCc1ccc(-c2cc(F)c(C(F)(F)Oc3ccc(F)c(F)c3)c(F)c2)cc1. The van der Waals surface area contributed by atoms with Crippen molar-refractivity contribution in [1.29, 1.82) is 0 Å². The van der Waals surface area contributed by atoms with Gasteiger partial charge in [-0.05, 0) is 47.4 Å². The van der Waals surface area contributed by atoms with Gasteiger partial charge < -0.3 is 4.74 Å². The summed E-state index contributed by atoms with van der Waals surface area (Å²) in [4.78, 5) is 0. The molecule has 0 heterocycles. The Morgan fingerprint density at radius 3 is 1.90 bits per heavy atom. The maximum absolute atomic E-state index is 14.4. The molecule has 0 aromatic heterocycles. The van der Waals surface area contributed by atoms with Crippen molar-refractivity contribution in [2.75, 3.05) is 0 Å². The summed E-state index contributed by atoms with van der Waals surface area (Å²) < 4.78 is 87.9. The Hall–Kier alpha value is -2.96. The van der Waals surface area contributed by atoms with Crippen molar-refractivity contribution in [3.8, 4) is 16.9 Å². The van der Waals surface area contributed by atoms with E-state index in [0.29, 0.717) is 17.7 Å². The van der Waals surface area contributed by atoms with Crippen molar-refractivity contribution >= 4 is 0 Å². The van der Waals surface area contributed by atoms with Gasteiger partial charge in [0.05, 0.1) is 0 Å². The van der Waals surface area contributed by atoms with E-state index in [1.165, 1.54) is 0 Å². The molecule has 0 aliphatic rings. The highest BCUT2D eigenvalue weighted by molar-refractivity contribution is 5.64. The molecule has 3 aromatic carbocycles. The zero-order valence-corrected chi connectivity index (χ0v) is 15.3. The largest absolute Gasteiger partial charge is 0.432 e. The van der Waals surface area contributed by atoms with E-state index in [4.69, 9.17) is 0 Å². The van der Waals surface area contributed by atoms with Gasteiger partial charge in [0, 0.05) is 6.07 Å². The van der Waals surface area contributed by atoms with Gasteiger partial charge in [0.25, 0.3) is 0 Å². The second-order valence-electron chi connectivity index (χ2n) is 6.46. The van der Waals surface area contributed by atoms with Gasteiger partial charge in [-0.1, -0.05) is 37.6 Å². The third-order valence-corrected chi connectivity index (χ3v) is 4.30. The van der Waals surface area contributed by atoms with Gasteiger partial charge in [0.15, 0.2) is 11.6 Å². The predicted octanol–water partition coefficient (Wildman–Crippen LogP) is 6.99. The van der Waals surface area contributed by atoms with Crippen LogP contribution < -0.4 is 4.74 Å². The number of hydrogen-bond acceptors (Lipinski definition) is 1. The number of alkyl halides is 2. The maximum atomic E-state index is 14.4. The molecule has 29 heavy (non-hydrogen) atoms. The lowest BCUT2D eigenvalue weighted by molar-refractivity contribution is -0.189. The molecule has 0 saturated heterocycles. The van der Waals surface area contributed by atoms with E-state index < -0.39 is 40.7 Å². The molecule has 152 valence electrons. The minimum atomic E-state index is -4.44. The summed E-state index contributed by atoms with van der Waals surface area (Å²) in [7, 11) is 0. The summed E-state index contributed by atoms with van der Waals surface area (Å²) in [6, 6.07) is 10.1. The average molecular weight is 410 g/mol. The Bertz CT molecular complexity index is 991. The lowest BCUT2D eigenvalue weighted by atomic mass is 10.00. The minimum Gasteiger partial charge on any atom is -0.429 e. The molecular formula is C22H16F6O. The van der Waals surface area contributed by atoms with E-state index in [0.717, 1.165) is 36.6 Å². The standard InChI is InChI=1S/C22H16F6O/c1-2-3-13-4-6-14(7-5-13)15-10-19(25)21(20(26)11-15)22(27,28)29-16-8-9-17(23)18(24)12-16/h4-12H,2-3H2,1H3. The first kappa shape index (κ1) is 20.8. The van der Waals surface area contributed by atoms with E-state index in [9.17, 15) is 26.3 Å². The van der Waals surface area contributed by atoms with E-state index >= 15 is 0 Å². The first-order valence-corrected chi connectivity index (χ1v) is 8.82. The molecule has 3 aromatic rings. The van der Waals surface area contributed by atoms with Crippen LogP contribution in [0.1, 0.15) is 24.5 Å². The van der Waals surface area contributed by atoms with Crippen LogP contribution in [0.5, 0.6) is 5.75 Å². The summed E-state index contributed by atoms with van der Waals surface area (Å²) in [5, 5.41) is 0. The third-order valence-electron chi connectivity index (χ3n) is 4.30. The molecule has 7 heteroatoms. The van der Waals surface area contributed by atoms with Crippen LogP contribution in [0.3, 0.4) is 0 Å². The number of aryl methyl sites for hydroxylation is 1. The first-order chi connectivity index (χ1) is 13.7. The Kier molecular flexibility index (Phi) is 5.86. The molecule has 0 unspecified atom stereocenters. The molecule has 0 fully saturated rings. The molecular weight excluding hydrogens is 394 g/mol. The first-order valence-electron chi connectivity index (χ1n) is 8.82. The van der Waals surface area contributed by atoms with Gasteiger partial charge in [-0.15, -0.1) is 0 Å². The second kappa shape index (κ2) is 8.19. The van der Waals surface area contributed by atoms with Crippen molar-refractivity contribution in [3.63, 3.8) is 0 Å². The number of benzene rings is 3. The molecule has 1 nitrogen and oxygen atoms in total. The Morgan fingerprint density at radius 2 is 1.34 bits per heavy atom. The van der Waals surface area contributed by atoms with E-state index in [2.05, 4.69) is 4.74 Å². The number of rotatable bonds is 6. The molecule has 0 amide bonds. The number of hydrogen-bond donors (Lipinski definition) is 0. The molecule has 3 rings (SSSR count). The lowest BCUT2D eigenvalue weighted by Crippen LogP contribution is -2.25. The molecule has 0 aliphatic heterocycles. The highest BCUT2D eigenvalue weighted by Crippen LogP contribution is 2.37. The van der Waals surface area contributed by atoms with Crippen LogP contribution in [0.25, 0.3) is 11.1 Å². The zero-order valence-electron chi connectivity index (χ0n) is 15.3. The van der Waals surface area contributed by atoms with Gasteiger partial charge in [0.2, 0.25) is 0 Å². The van der Waals surface area contributed by atoms with Crippen molar-refractivity contribution < 1.29 is 31.1 Å². The summed E-state index contributed by atoms with van der Waals surface area (Å²) in [5.74, 6) is -6.52. The average Bonchev–Trinajstić information content (AvgIpc) is 2.64. The minimum absolute atomic E-state index is 0.0791. The molecule has 0 bridgehead atoms. The molecule has 0 spiro atoms. The van der Waals surface area contributed by atoms with Gasteiger partial charge in [-0.25, -0.2) is 17.6 Å². The van der Waals surface area contributed by atoms with E-state index in [-0.39, 0.29) is 5.56 Å². The van der Waals surface area contributed by atoms with Crippen LogP contribution in [0.15, 0.2) is 54.6 Å². The smallest absolute Gasteiger partial charge is 0.429 e. The van der Waals surface area contributed by atoms with Gasteiger partial charge in [-0.3, -0.25) is 0 Å². The van der Waals surface area contributed by atoms with Crippen LogP contribution in [-0.2, 0) is 12.5 Å². The van der Waals surface area contributed by atoms with Crippen molar-refractivity contribution in [1.82, 2.24) is 0 Å². The Balaban J connectivity index is 1.92. The van der Waals surface area contributed by atoms with Gasteiger partial charge in [-0.2, -0.15) is 8.78 Å². The molecule has 0 N–H and O–H groups in total. The summed E-state index contributed by atoms with van der Waals surface area (Å²) in [6.45, 7) is 2.01. The molecule has 0 aliphatic carbocycles. The van der Waals surface area contributed by atoms with Crippen LogP contribution in [-0.4, -0.2) is 0 Å². The summed E-state index contributed by atoms with van der Waals surface area (Å²) >= 11 is 0. The predicted molar refractivity (Wildman–Crippen MR) is 96.7 cm³/mol. The Morgan fingerprint density at radius 1 is 0.724 bits per heavy atom. The number of halogens is 6.